The summed E-state index contributed by atoms with van der Waals surface area (Å²) in [5.74, 6) is 0.0423. The highest BCUT2D eigenvalue weighted by atomic mass is 16.4. The summed E-state index contributed by atoms with van der Waals surface area (Å²) in [5, 5.41) is 17.5. The molecule has 3 heteroatoms. The summed E-state index contributed by atoms with van der Waals surface area (Å²) in [7, 11) is 0. The van der Waals surface area contributed by atoms with Gasteiger partial charge in [0.25, 0.3) is 0 Å². The van der Waals surface area contributed by atoms with Crippen molar-refractivity contribution >= 4 is 5.97 Å². The van der Waals surface area contributed by atoms with E-state index in [1.54, 1.807) is 0 Å². The lowest BCUT2D eigenvalue weighted by Crippen LogP contribution is -1.97. The van der Waals surface area contributed by atoms with Crippen molar-refractivity contribution < 1.29 is 15.0 Å². The van der Waals surface area contributed by atoms with Crippen molar-refractivity contribution in [3.8, 4) is 0 Å². The maximum absolute atomic E-state index is 10.4. The van der Waals surface area contributed by atoms with Gasteiger partial charge >= 0.3 is 5.97 Å². The summed E-state index contributed by atoms with van der Waals surface area (Å²) in [6, 6.07) is 0. The number of hydrogen-bond acceptors (Lipinski definition) is 2. The molecule has 0 aliphatic heterocycles. The standard InChI is InChI=1S/C27H54O3/c1-26(24-25-28)22-20-18-16-14-12-10-8-6-4-2-3-5-7-9-11-13-15-17-19-21-23-27(29)30/h26,28H,2-25H2,1H3,(H,29,30). The van der Waals surface area contributed by atoms with Gasteiger partial charge in [-0.1, -0.05) is 135 Å². The van der Waals surface area contributed by atoms with Crippen LogP contribution in [0.5, 0.6) is 0 Å². The third-order valence-corrected chi connectivity index (χ3v) is 6.46. The van der Waals surface area contributed by atoms with Crippen LogP contribution in [-0.2, 0) is 4.79 Å². The molecular formula is C27H54O3. The van der Waals surface area contributed by atoms with Crippen LogP contribution >= 0.6 is 0 Å². The van der Waals surface area contributed by atoms with E-state index >= 15 is 0 Å². The van der Waals surface area contributed by atoms with Gasteiger partial charge in [0.2, 0.25) is 0 Å². The number of carboxylic acids is 1. The quantitative estimate of drug-likeness (QED) is 0.144. The smallest absolute Gasteiger partial charge is 0.303 e. The number of aliphatic hydroxyl groups is 1. The lowest BCUT2D eigenvalue weighted by atomic mass is 9.99. The van der Waals surface area contributed by atoms with Gasteiger partial charge in [0, 0.05) is 13.0 Å². The summed E-state index contributed by atoms with van der Waals surface area (Å²) < 4.78 is 0. The number of carboxylic acid groups (broad SMARTS) is 1. The molecule has 0 rings (SSSR count). The lowest BCUT2D eigenvalue weighted by molar-refractivity contribution is -0.137. The summed E-state index contributed by atoms with van der Waals surface area (Å²) in [4.78, 5) is 10.4. The normalized spacial score (nSPS) is 12.3. The molecule has 0 aliphatic carbocycles. The minimum Gasteiger partial charge on any atom is -0.481 e. The Kier molecular flexibility index (Phi) is 24.2. The van der Waals surface area contributed by atoms with Crippen molar-refractivity contribution in [3.05, 3.63) is 0 Å². The molecule has 2 N–H and O–H groups in total. The Hall–Kier alpha value is -0.570. The highest BCUT2D eigenvalue weighted by Crippen LogP contribution is 2.16. The first-order valence-corrected chi connectivity index (χ1v) is 13.5. The molecule has 1 atom stereocenters. The van der Waals surface area contributed by atoms with E-state index in [0.717, 1.165) is 19.3 Å². The van der Waals surface area contributed by atoms with Gasteiger partial charge in [-0.2, -0.15) is 0 Å². The number of aliphatic hydroxyl groups excluding tert-OH is 1. The predicted molar refractivity (Wildman–Crippen MR) is 130 cm³/mol. The molecule has 0 bridgehead atoms. The van der Waals surface area contributed by atoms with E-state index in [-0.39, 0.29) is 0 Å². The van der Waals surface area contributed by atoms with Crippen molar-refractivity contribution in [1.29, 1.82) is 0 Å². The molecule has 0 radical (unpaired) electrons. The molecule has 1 unspecified atom stereocenters. The number of aliphatic carboxylic acids is 1. The highest BCUT2D eigenvalue weighted by Gasteiger charge is 2.01. The third kappa shape index (κ3) is 25.5. The first kappa shape index (κ1) is 29.4. The number of carbonyl (C=O) groups is 1. The van der Waals surface area contributed by atoms with Crippen LogP contribution in [0.2, 0.25) is 0 Å². The molecule has 30 heavy (non-hydrogen) atoms. The topological polar surface area (TPSA) is 57.5 Å². The molecule has 0 aromatic rings. The highest BCUT2D eigenvalue weighted by molar-refractivity contribution is 5.66. The Bertz CT molecular complexity index is 343. The van der Waals surface area contributed by atoms with Crippen LogP contribution in [0.1, 0.15) is 155 Å². The fourth-order valence-electron chi connectivity index (χ4n) is 4.32. The van der Waals surface area contributed by atoms with Gasteiger partial charge in [0.1, 0.15) is 0 Å². The largest absolute Gasteiger partial charge is 0.481 e. The minimum atomic E-state index is -0.655. The van der Waals surface area contributed by atoms with E-state index in [9.17, 15) is 4.79 Å². The predicted octanol–water partition coefficient (Wildman–Crippen LogP) is 8.67. The number of unbranched alkanes of at least 4 members (excludes halogenated alkanes) is 19. The molecule has 0 aromatic heterocycles. The van der Waals surface area contributed by atoms with Crippen LogP contribution in [0.15, 0.2) is 0 Å². The Balaban J connectivity index is 3.04. The van der Waals surface area contributed by atoms with Crippen molar-refractivity contribution in [2.45, 2.75) is 155 Å². The molecule has 0 aliphatic rings. The number of hydrogen-bond donors (Lipinski definition) is 2. The van der Waals surface area contributed by atoms with E-state index < -0.39 is 5.97 Å². The second-order valence-electron chi connectivity index (χ2n) is 9.62. The summed E-state index contributed by atoms with van der Waals surface area (Å²) in [5.41, 5.74) is 0. The first-order chi connectivity index (χ1) is 14.7. The number of rotatable bonds is 25. The molecule has 0 amide bonds. The first-order valence-electron chi connectivity index (χ1n) is 13.5. The zero-order valence-corrected chi connectivity index (χ0v) is 20.4. The lowest BCUT2D eigenvalue weighted by Gasteiger charge is -2.08. The van der Waals surface area contributed by atoms with Crippen LogP contribution in [0, 0.1) is 5.92 Å². The fraction of sp³-hybridized carbons (Fsp3) is 0.963. The van der Waals surface area contributed by atoms with Crippen molar-refractivity contribution in [1.82, 2.24) is 0 Å². The molecule has 0 aromatic carbocycles. The van der Waals surface area contributed by atoms with Crippen molar-refractivity contribution in [3.63, 3.8) is 0 Å². The Morgan fingerprint density at radius 2 is 0.833 bits per heavy atom. The van der Waals surface area contributed by atoms with Crippen LogP contribution in [0.4, 0.5) is 0 Å². The van der Waals surface area contributed by atoms with Gasteiger partial charge in [-0.05, 0) is 18.8 Å². The summed E-state index contributed by atoms with van der Waals surface area (Å²) in [6.07, 6.45) is 29.4. The maximum Gasteiger partial charge on any atom is 0.303 e. The van der Waals surface area contributed by atoms with E-state index in [4.69, 9.17) is 10.2 Å². The maximum atomic E-state index is 10.4. The van der Waals surface area contributed by atoms with Gasteiger partial charge in [-0.3, -0.25) is 4.79 Å². The summed E-state index contributed by atoms with van der Waals surface area (Å²) in [6.45, 7) is 2.61. The van der Waals surface area contributed by atoms with Crippen LogP contribution in [-0.4, -0.2) is 22.8 Å². The third-order valence-electron chi connectivity index (χ3n) is 6.46. The monoisotopic (exact) mass is 426 g/mol. The van der Waals surface area contributed by atoms with Gasteiger partial charge in [0.05, 0.1) is 0 Å². The minimum absolute atomic E-state index is 0.340. The Morgan fingerprint density at radius 1 is 0.533 bits per heavy atom. The average molecular weight is 427 g/mol. The molecule has 0 saturated carbocycles. The summed E-state index contributed by atoms with van der Waals surface area (Å²) >= 11 is 0. The van der Waals surface area contributed by atoms with E-state index in [0.29, 0.717) is 18.9 Å². The van der Waals surface area contributed by atoms with E-state index in [1.165, 1.54) is 122 Å². The van der Waals surface area contributed by atoms with E-state index in [1.807, 2.05) is 0 Å². The molecule has 0 heterocycles. The SMILES string of the molecule is CC(CCO)CCCCCCCCCCCCCCCCCCCCCCC(=O)O. The zero-order valence-electron chi connectivity index (χ0n) is 20.4. The molecule has 3 nitrogen and oxygen atoms in total. The molecule has 180 valence electrons. The molecule has 0 spiro atoms. The second-order valence-corrected chi connectivity index (χ2v) is 9.62. The average Bonchev–Trinajstić information content (AvgIpc) is 2.71. The van der Waals surface area contributed by atoms with Crippen LogP contribution in [0.3, 0.4) is 0 Å². The second kappa shape index (κ2) is 24.7. The van der Waals surface area contributed by atoms with Crippen molar-refractivity contribution in [2.75, 3.05) is 6.61 Å². The van der Waals surface area contributed by atoms with Gasteiger partial charge < -0.3 is 10.2 Å². The van der Waals surface area contributed by atoms with Gasteiger partial charge in [-0.15, -0.1) is 0 Å². The van der Waals surface area contributed by atoms with Gasteiger partial charge in [-0.25, -0.2) is 0 Å². The molecule has 0 saturated heterocycles. The van der Waals surface area contributed by atoms with Crippen LogP contribution in [0.25, 0.3) is 0 Å². The Morgan fingerprint density at radius 3 is 1.13 bits per heavy atom. The van der Waals surface area contributed by atoms with E-state index in [2.05, 4.69) is 6.92 Å². The Labute approximate surface area is 188 Å². The molecular weight excluding hydrogens is 372 g/mol. The van der Waals surface area contributed by atoms with Gasteiger partial charge in [0.15, 0.2) is 0 Å². The zero-order chi connectivity index (χ0) is 22.1. The van der Waals surface area contributed by atoms with Crippen molar-refractivity contribution in [2.24, 2.45) is 5.92 Å². The molecule has 0 fully saturated rings. The fourth-order valence-corrected chi connectivity index (χ4v) is 4.32. The van der Waals surface area contributed by atoms with Crippen LogP contribution < -0.4 is 0 Å².